The van der Waals surface area contributed by atoms with Gasteiger partial charge in [-0.15, -0.1) is 11.3 Å². The standard InChI is InChI=1S/C25H24N2O3S/c1-29-21-11-10-18(16-22(21)30-2)12-13-26-25(28)24-23(27-14-6-7-15-27)20(17-31-24)19-8-4-3-5-9-19/h3-11,14-17H,12-13H2,1-2H3,(H,26,28). The van der Waals surface area contributed by atoms with Crippen LogP contribution >= 0.6 is 11.3 Å². The topological polar surface area (TPSA) is 52.5 Å². The second-order valence-corrected chi connectivity index (χ2v) is 7.86. The molecule has 0 aliphatic carbocycles. The van der Waals surface area contributed by atoms with Gasteiger partial charge < -0.3 is 19.4 Å². The van der Waals surface area contributed by atoms with E-state index < -0.39 is 0 Å². The van der Waals surface area contributed by atoms with Crippen molar-refractivity contribution in [1.82, 2.24) is 9.88 Å². The van der Waals surface area contributed by atoms with Crippen LogP contribution in [0, 0.1) is 0 Å². The summed E-state index contributed by atoms with van der Waals surface area (Å²) in [6.45, 7) is 0.526. The van der Waals surface area contributed by atoms with Crippen molar-refractivity contribution in [2.45, 2.75) is 6.42 Å². The fourth-order valence-electron chi connectivity index (χ4n) is 3.51. The van der Waals surface area contributed by atoms with E-state index in [2.05, 4.69) is 17.4 Å². The molecule has 0 aliphatic heterocycles. The molecule has 1 N–H and O–H groups in total. The molecule has 0 bridgehead atoms. The molecule has 0 saturated carbocycles. The Morgan fingerprint density at radius 1 is 0.968 bits per heavy atom. The van der Waals surface area contributed by atoms with Gasteiger partial charge in [0.1, 0.15) is 4.88 Å². The predicted octanol–water partition coefficient (Wildman–Crippen LogP) is 5.20. The number of rotatable bonds is 8. The monoisotopic (exact) mass is 432 g/mol. The van der Waals surface area contributed by atoms with E-state index in [1.54, 1.807) is 14.2 Å². The van der Waals surface area contributed by atoms with Crippen LogP contribution in [0.5, 0.6) is 11.5 Å². The van der Waals surface area contributed by atoms with Gasteiger partial charge in [0.25, 0.3) is 5.91 Å². The number of hydrogen-bond acceptors (Lipinski definition) is 4. The van der Waals surface area contributed by atoms with Gasteiger partial charge in [-0.05, 0) is 41.8 Å². The summed E-state index contributed by atoms with van der Waals surface area (Å²) in [5.74, 6) is 1.31. The third kappa shape index (κ3) is 4.49. The number of methoxy groups -OCH3 is 2. The number of carbonyl (C=O) groups is 1. The molecule has 2 heterocycles. The first kappa shape index (κ1) is 20.8. The Balaban J connectivity index is 1.52. The van der Waals surface area contributed by atoms with Crippen molar-refractivity contribution in [3.63, 3.8) is 0 Å². The highest BCUT2D eigenvalue weighted by molar-refractivity contribution is 7.13. The van der Waals surface area contributed by atoms with E-state index in [0.29, 0.717) is 29.3 Å². The Morgan fingerprint density at radius 3 is 2.42 bits per heavy atom. The van der Waals surface area contributed by atoms with Crippen LogP contribution in [-0.2, 0) is 6.42 Å². The van der Waals surface area contributed by atoms with Crippen molar-refractivity contribution in [3.05, 3.63) is 88.9 Å². The van der Waals surface area contributed by atoms with Gasteiger partial charge in [-0.2, -0.15) is 0 Å². The number of amides is 1. The molecule has 0 atom stereocenters. The van der Waals surface area contributed by atoms with Crippen LogP contribution < -0.4 is 14.8 Å². The number of nitrogens with one attached hydrogen (secondary N) is 1. The zero-order chi connectivity index (χ0) is 21.6. The third-order valence-electron chi connectivity index (χ3n) is 5.07. The lowest BCUT2D eigenvalue weighted by Gasteiger charge is -2.11. The first-order chi connectivity index (χ1) is 15.2. The maximum Gasteiger partial charge on any atom is 0.263 e. The molecule has 158 valence electrons. The highest BCUT2D eigenvalue weighted by Crippen LogP contribution is 2.35. The molecule has 0 fully saturated rings. The van der Waals surface area contributed by atoms with Gasteiger partial charge in [0.05, 0.1) is 19.9 Å². The first-order valence-corrected chi connectivity index (χ1v) is 10.9. The molecule has 5 nitrogen and oxygen atoms in total. The SMILES string of the molecule is COc1ccc(CCNC(=O)c2scc(-c3ccccc3)c2-n2cccc2)cc1OC. The first-order valence-electron chi connectivity index (χ1n) is 10.0. The van der Waals surface area contributed by atoms with E-state index >= 15 is 0 Å². The quantitative estimate of drug-likeness (QED) is 0.417. The molecule has 0 radical (unpaired) electrons. The molecule has 4 aromatic rings. The minimum absolute atomic E-state index is 0.0728. The molecule has 0 saturated heterocycles. The number of benzene rings is 2. The van der Waals surface area contributed by atoms with Crippen molar-refractivity contribution in [2.24, 2.45) is 0 Å². The third-order valence-corrected chi connectivity index (χ3v) is 6.03. The zero-order valence-electron chi connectivity index (χ0n) is 17.5. The van der Waals surface area contributed by atoms with E-state index in [1.807, 2.05) is 70.9 Å². The molecule has 0 unspecified atom stereocenters. The summed E-state index contributed by atoms with van der Waals surface area (Å²) in [6, 6.07) is 19.9. The Kier molecular flexibility index (Phi) is 6.38. The zero-order valence-corrected chi connectivity index (χ0v) is 18.3. The maximum atomic E-state index is 13.1. The normalized spacial score (nSPS) is 10.6. The van der Waals surface area contributed by atoms with Crippen molar-refractivity contribution in [3.8, 4) is 28.3 Å². The van der Waals surface area contributed by atoms with Gasteiger partial charge in [0.2, 0.25) is 0 Å². The van der Waals surface area contributed by atoms with Crippen LogP contribution in [0.15, 0.2) is 78.4 Å². The van der Waals surface area contributed by atoms with E-state index in [4.69, 9.17) is 9.47 Å². The molecule has 31 heavy (non-hydrogen) atoms. The van der Waals surface area contributed by atoms with Gasteiger partial charge in [-0.1, -0.05) is 36.4 Å². The molecule has 1 amide bonds. The lowest BCUT2D eigenvalue weighted by molar-refractivity contribution is 0.0958. The Bertz CT molecular complexity index is 1150. The maximum absolute atomic E-state index is 13.1. The van der Waals surface area contributed by atoms with Crippen LogP contribution in [-0.4, -0.2) is 31.2 Å². The van der Waals surface area contributed by atoms with Gasteiger partial charge in [0.15, 0.2) is 11.5 Å². The Labute approximate surface area is 185 Å². The highest BCUT2D eigenvalue weighted by Gasteiger charge is 2.20. The average Bonchev–Trinajstić information content (AvgIpc) is 3.49. The lowest BCUT2D eigenvalue weighted by Crippen LogP contribution is -2.25. The van der Waals surface area contributed by atoms with Gasteiger partial charge in [-0.3, -0.25) is 4.79 Å². The summed E-state index contributed by atoms with van der Waals surface area (Å²) in [6.07, 6.45) is 4.63. The van der Waals surface area contributed by atoms with Crippen molar-refractivity contribution >= 4 is 17.2 Å². The fraction of sp³-hybridized carbons (Fsp3) is 0.160. The molecule has 2 aromatic heterocycles. The second kappa shape index (κ2) is 9.53. The summed E-state index contributed by atoms with van der Waals surface area (Å²) in [5.41, 5.74) is 4.11. The van der Waals surface area contributed by atoms with Crippen LogP contribution in [0.1, 0.15) is 15.2 Å². The minimum Gasteiger partial charge on any atom is -0.493 e. The van der Waals surface area contributed by atoms with Crippen molar-refractivity contribution in [1.29, 1.82) is 0 Å². The molecule has 0 spiro atoms. The van der Waals surface area contributed by atoms with Gasteiger partial charge in [-0.25, -0.2) is 0 Å². The average molecular weight is 433 g/mol. The number of carbonyl (C=O) groups excluding carboxylic acids is 1. The van der Waals surface area contributed by atoms with Crippen LogP contribution in [0.3, 0.4) is 0 Å². The number of ether oxygens (including phenoxy) is 2. The van der Waals surface area contributed by atoms with E-state index in [-0.39, 0.29) is 5.91 Å². The largest absolute Gasteiger partial charge is 0.493 e. The number of aromatic nitrogens is 1. The smallest absolute Gasteiger partial charge is 0.263 e. The number of nitrogens with zero attached hydrogens (tertiary/aromatic N) is 1. The van der Waals surface area contributed by atoms with Crippen molar-refractivity contribution < 1.29 is 14.3 Å². The number of thiophene rings is 1. The van der Waals surface area contributed by atoms with Crippen LogP contribution in [0.4, 0.5) is 0 Å². The molecular weight excluding hydrogens is 408 g/mol. The number of hydrogen-bond donors (Lipinski definition) is 1. The Hall–Kier alpha value is -3.51. The van der Waals surface area contributed by atoms with Gasteiger partial charge in [0, 0.05) is 29.9 Å². The van der Waals surface area contributed by atoms with E-state index in [9.17, 15) is 4.79 Å². The fourth-order valence-corrected chi connectivity index (χ4v) is 4.50. The second-order valence-electron chi connectivity index (χ2n) is 6.98. The summed E-state index contributed by atoms with van der Waals surface area (Å²) in [5, 5.41) is 5.12. The molecule has 0 aliphatic rings. The minimum atomic E-state index is -0.0728. The molecule has 4 rings (SSSR count). The molecular formula is C25H24N2O3S. The lowest BCUT2D eigenvalue weighted by atomic mass is 10.1. The van der Waals surface area contributed by atoms with E-state index in [0.717, 1.165) is 22.4 Å². The van der Waals surface area contributed by atoms with E-state index in [1.165, 1.54) is 11.3 Å². The summed E-state index contributed by atoms with van der Waals surface area (Å²) in [7, 11) is 3.23. The predicted molar refractivity (Wildman–Crippen MR) is 125 cm³/mol. The highest BCUT2D eigenvalue weighted by atomic mass is 32.1. The van der Waals surface area contributed by atoms with Crippen LogP contribution in [0.2, 0.25) is 0 Å². The summed E-state index contributed by atoms with van der Waals surface area (Å²) < 4.78 is 12.6. The summed E-state index contributed by atoms with van der Waals surface area (Å²) >= 11 is 1.47. The Morgan fingerprint density at radius 2 is 1.71 bits per heavy atom. The van der Waals surface area contributed by atoms with Crippen LogP contribution in [0.25, 0.3) is 16.8 Å². The summed E-state index contributed by atoms with van der Waals surface area (Å²) in [4.78, 5) is 13.8. The molecule has 2 aromatic carbocycles. The molecule has 6 heteroatoms. The van der Waals surface area contributed by atoms with Gasteiger partial charge >= 0.3 is 0 Å². The van der Waals surface area contributed by atoms with Crippen molar-refractivity contribution in [2.75, 3.05) is 20.8 Å².